The molecule has 1 aromatic heterocycles. The van der Waals surface area contributed by atoms with Crippen LogP contribution in [-0.4, -0.2) is 24.0 Å². The van der Waals surface area contributed by atoms with E-state index >= 15 is 0 Å². The van der Waals surface area contributed by atoms with Crippen molar-refractivity contribution < 1.29 is 4.42 Å². The Balaban J connectivity index is 1.53. The van der Waals surface area contributed by atoms with Crippen LogP contribution in [0.25, 0.3) is 22.1 Å². The van der Waals surface area contributed by atoms with Crippen molar-refractivity contribution in [2.75, 3.05) is 13.1 Å². The zero-order valence-corrected chi connectivity index (χ0v) is 14.5. The molecule has 4 rings (SSSR count). The molecule has 0 bridgehead atoms. The summed E-state index contributed by atoms with van der Waals surface area (Å²) in [7, 11) is 0. The van der Waals surface area contributed by atoms with Gasteiger partial charge in [-0.3, -0.25) is 0 Å². The Kier molecular flexibility index (Phi) is 4.29. The van der Waals surface area contributed by atoms with Crippen LogP contribution in [-0.2, 0) is 6.42 Å². The van der Waals surface area contributed by atoms with Crippen LogP contribution in [0.3, 0.4) is 0 Å². The van der Waals surface area contributed by atoms with E-state index in [1.165, 1.54) is 19.4 Å². The van der Waals surface area contributed by atoms with E-state index in [2.05, 4.69) is 42.2 Å². The fraction of sp³-hybridized carbons (Fsp3) is 0.318. The maximum absolute atomic E-state index is 8.92. The summed E-state index contributed by atoms with van der Waals surface area (Å²) in [6, 6.07) is 19.0. The van der Waals surface area contributed by atoms with E-state index in [-0.39, 0.29) is 0 Å². The molecule has 0 aliphatic carbocycles. The molecular weight excluding hydrogens is 308 g/mol. The molecule has 0 amide bonds. The number of nitrogens with zero attached hydrogens (tertiary/aromatic N) is 2. The first-order valence-electron chi connectivity index (χ1n) is 9.00. The molecule has 126 valence electrons. The van der Waals surface area contributed by atoms with Crippen molar-refractivity contribution in [1.82, 2.24) is 4.90 Å². The van der Waals surface area contributed by atoms with Gasteiger partial charge in [-0.05, 0) is 61.7 Å². The van der Waals surface area contributed by atoms with Gasteiger partial charge < -0.3 is 9.32 Å². The van der Waals surface area contributed by atoms with E-state index < -0.39 is 0 Å². The highest BCUT2D eigenvalue weighted by atomic mass is 16.3. The molecule has 3 nitrogen and oxygen atoms in total. The predicted molar refractivity (Wildman–Crippen MR) is 100 cm³/mol. The Labute approximate surface area is 148 Å². The van der Waals surface area contributed by atoms with Gasteiger partial charge >= 0.3 is 0 Å². The van der Waals surface area contributed by atoms with Crippen molar-refractivity contribution in [2.24, 2.45) is 0 Å². The maximum Gasteiger partial charge on any atom is 0.134 e. The average Bonchev–Trinajstić information content (AvgIpc) is 3.24. The molecule has 3 heteroatoms. The molecule has 3 aromatic rings. The molecule has 1 fully saturated rings. The van der Waals surface area contributed by atoms with Crippen LogP contribution in [0.2, 0.25) is 0 Å². The molecule has 0 unspecified atom stereocenters. The van der Waals surface area contributed by atoms with E-state index in [1.54, 1.807) is 0 Å². The van der Waals surface area contributed by atoms with Crippen LogP contribution in [0.15, 0.2) is 52.9 Å². The molecule has 1 saturated heterocycles. The van der Waals surface area contributed by atoms with Crippen molar-refractivity contribution in [1.29, 1.82) is 5.26 Å². The highest BCUT2D eigenvalue weighted by molar-refractivity contribution is 5.83. The molecule has 2 heterocycles. The zero-order chi connectivity index (χ0) is 17.2. The first-order chi connectivity index (χ1) is 12.2. The lowest BCUT2D eigenvalue weighted by Gasteiger charge is -2.19. The Morgan fingerprint density at radius 2 is 1.92 bits per heavy atom. The SMILES string of the molecule is C[C@@H]1CCCN1CCc1cc2ccc(-c3ccc(C#N)cc3)cc2o1. The van der Waals surface area contributed by atoms with Crippen LogP contribution in [0.5, 0.6) is 0 Å². The second-order valence-corrected chi connectivity index (χ2v) is 6.93. The summed E-state index contributed by atoms with van der Waals surface area (Å²) in [5.74, 6) is 1.06. The zero-order valence-electron chi connectivity index (χ0n) is 14.5. The van der Waals surface area contributed by atoms with Crippen molar-refractivity contribution in [3.8, 4) is 17.2 Å². The number of hydrogen-bond acceptors (Lipinski definition) is 3. The van der Waals surface area contributed by atoms with Gasteiger partial charge in [0, 0.05) is 24.4 Å². The molecule has 2 aromatic carbocycles. The number of fused-ring (bicyclic) bond motifs is 1. The van der Waals surface area contributed by atoms with E-state index in [0.717, 1.165) is 40.8 Å². The molecule has 0 radical (unpaired) electrons. The quantitative estimate of drug-likeness (QED) is 0.676. The van der Waals surface area contributed by atoms with Gasteiger partial charge in [-0.25, -0.2) is 0 Å². The van der Waals surface area contributed by atoms with Gasteiger partial charge in [0.2, 0.25) is 0 Å². The fourth-order valence-corrected chi connectivity index (χ4v) is 3.70. The van der Waals surface area contributed by atoms with E-state index in [0.29, 0.717) is 11.6 Å². The molecule has 0 saturated carbocycles. The summed E-state index contributed by atoms with van der Waals surface area (Å²) < 4.78 is 6.09. The summed E-state index contributed by atoms with van der Waals surface area (Å²) in [6.07, 6.45) is 3.59. The molecule has 1 aliphatic heterocycles. The van der Waals surface area contributed by atoms with Crippen LogP contribution < -0.4 is 0 Å². The van der Waals surface area contributed by atoms with Gasteiger partial charge in [-0.15, -0.1) is 0 Å². The van der Waals surface area contributed by atoms with E-state index in [4.69, 9.17) is 9.68 Å². The lowest BCUT2D eigenvalue weighted by molar-refractivity contribution is 0.266. The molecular formula is C22H22N2O. The van der Waals surface area contributed by atoms with Crippen molar-refractivity contribution in [2.45, 2.75) is 32.2 Å². The van der Waals surface area contributed by atoms with Gasteiger partial charge in [0.1, 0.15) is 11.3 Å². The smallest absolute Gasteiger partial charge is 0.134 e. The van der Waals surface area contributed by atoms with Crippen LogP contribution in [0.1, 0.15) is 31.1 Å². The number of benzene rings is 2. The lowest BCUT2D eigenvalue weighted by atomic mass is 10.0. The summed E-state index contributed by atoms with van der Waals surface area (Å²) in [5, 5.41) is 10.1. The average molecular weight is 330 g/mol. The topological polar surface area (TPSA) is 40.2 Å². The molecule has 25 heavy (non-hydrogen) atoms. The fourth-order valence-electron chi connectivity index (χ4n) is 3.70. The highest BCUT2D eigenvalue weighted by Gasteiger charge is 2.20. The van der Waals surface area contributed by atoms with Crippen molar-refractivity contribution in [3.05, 3.63) is 59.9 Å². The third-order valence-corrected chi connectivity index (χ3v) is 5.25. The van der Waals surface area contributed by atoms with Crippen molar-refractivity contribution in [3.63, 3.8) is 0 Å². The normalized spacial score (nSPS) is 17.8. The van der Waals surface area contributed by atoms with Crippen LogP contribution in [0.4, 0.5) is 0 Å². The van der Waals surface area contributed by atoms with Crippen molar-refractivity contribution >= 4 is 11.0 Å². The number of likely N-dealkylation sites (tertiary alicyclic amines) is 1. The molecule has 0 N–H and O–H groups in total. The predicted octanol–water partition coefficient (Wildman–Crippen LogP) is 5.00. The number of hydrogen-bond donors (Lipinski definition) is 0. The highest BCUT2D eigenvalue weighted by Crippen LogP contribution is 2.27. The molecule has 1 aliphatic rings. The Morgan fingerprint density at radius 3 is 2.64 bits per heavy atom. The summed E-state index contributed by atoms with van der Waals surface area (Å²) in [5.41, 5.74) is 3.84. The Hall–Kier alpha value is -2.57. The molecule has 1 atom stereocenters. The maximum atomic E-state index is 8.92. The Morgan fingerprint density at radius 1 is 1.12 bits per heavy atom. The minimum Gasteiger partial charge on any atom is -0.461 e. The monoisotopic (exact) mass is 330 g/mol. The first-order valence-corrected chi connectivity index (χ1v) is 9.00. The van der Waals surface area contributed by atoms with E-state index in [9.17, 15) is 0 Å². The number of furan rings is 1. The van der Waals surface area contributed by atoms with Gasteiger partial charge in [-0.1, -0.05) is 24.3 Å². The third-order valence-electron chi connectivity index (χ3n) is 5.25. The summed E-state index contributed by atoms with van der Waals surface area (Å²) in [6.45, 7) is 4.60. The van der Waals surface area contributed by atoms with Gasteiger partial charge in [0.15, 0.2) is 0 Å². The number of rotatable bonds is 4. The van der Waals surface area contributed by atoms with Crippen LogP contribution >= 0.6 is 0 Å². The first kappa shape index (κ1) is 15.9. The molecule has 0 spiro atoms. The van der Waals surface area contributed by atoms with Gasteiger partial charge in [-0.2, -0.15) is 5.26 Å². The minimum absolute atomic E-state index is 0.682. The summed E-state index contributed by atoms with van der Waals surface area (Å²) in [4.78, 5) is 2.55. The van der Waals surface area contributed by atoms with Crippen LogP contribution in [0, 0.1) is 11.3 Å². The second-order valence-electron chi connectivity index (χ2n) is 6.93. The van der Waals surface area contributed by atoms with Gasteiger partial charge in [0.25, 0.3) is 0 Å². The summed E-state index contributed by atoms with van der Waals surface area (Å²) >= 11 is 0. The third kappa shape index (κ3) is 3.31. The second kappa shape index (κ2) is 6.74. The van der Waals surface area contributed by atoms with E-state index in [1.807, 2.05) is 24.3 Å². The standard InChI is InChI=1S/C22H22N2O/c1-16-3-2-11-24(16)12-10-21-13-20-9-8-19(14-22(20)25-21)18-6-4-17(15-23)5-7-18/h4-9,13-14,16H,2-3,10-12H2,1H3/t16-/m1/s1. The Bertz CT molecular complexity index is 917. The largest absolute Gasteiger partial charge is 0.461 e. The lowest BCUT2D eigenvalue weighted by Crippen LogP contribution is -2.28. The number of nitriles is 1. The van der Waals surface area contributed by atoms with Gasteiger partial charge in [0.05, 0.1) is 11.6 Å². The minimum atomic E-state index is 0.682.